The van der Waals surface area contributed by atoms with Crippen LogP contribution in [0.15, 0.2) is 15.6 Å². The van der Waals surface area contributed by atoms with Gasteiger partial charge in [-0.3, -0.25) is 0 Å². The number of carbonyl (C=O) groups excluding carboxylic acids is 1. The Morgan fingerprint density at radius 1 is 1.43 bits per heavy atom. The van der Waals surface area contributed by atoms with Gasteiger partial charge in [-0.2, -0.15) is 0 Å². The Kier molecular flexibility index (Phi) is 5.54. The van der Waals surface area contributed by atoms with Crippen molar-refractivity contribution >= 4 is 16.0 Å². The molecule has 0 fully saturated rings. The van der Waals surface area contributed by atoms with E-state index in [1.807, 2.05) is 13.8 Å². The average molecular weight is 318 g/mol. The van der Waals surface area contributed by atoms with Crippen LogP contribution in [0.3, 0.4) is 0 Å². The van der Waals surface area contributed by atoms with Gasteiger partial charge in [-0.1, -0.05) is 13.8 Å². The van der Waals surface area contributed by atoms with E-state index in [1.165, 1.54) is 14.0 Å². The summed E-state index contributed by atoms with van der Waals surface area (Å²) in [6.45, 7) is 5.38. The van der Waals surface area contributed by atoms with Crippen molar-refractivity contribution in [2.24, 2.45) is 5.73 Å². The molecule has 0 radical (unpaired) electrons. The maximum Gasteiger partial charge on any atom is 0.341 e. The maximum absolute atomic E-state index is 12.4. The Morgan fingerprint density at radius 3 is 2.43 bits per heavy atom. The number of nitrogens with one attached hydrogen (secondary N) is 1. The second-order valence-electron chi connectivity index (χ2n) is 4.82. The largest absolute Gasteiger partial charge is 0.465 e. The van der Waals surface area contributed by atoms with Crippen LogP contribution in [-0.4, -0.2) is 33.6 Å². The zero-order valence-electron chi connectivity index (χ0n) is 12.7. The van der Waals surface area contributed by atoms with Crippen LogP contribution >= 0.6 is 0 Å². The van der Waals surface area contributed by atoms with Crippen molar-refractivity contribution in [1.82, 2.24) is 4.72 Å². The molecule has 0 spiro atoms. The topological polar surface area (TPSA) is 112 Å². The van der Waals surface area contributed by atoms with Crippen molar-refractivity contribution in [1.29, 1.82) is 0 Å². The van der Waals surface area contributed by atoms with E-state index in [0.29, 0.717) is 12.8 Å². The number of carbonyl (C=O) groups is 1. The zero-order chi connectivity index (χ0) is 16.3. The number of ether oxygens (including phenoxy) is 1. The van der Waals surface area contributed by atoms with E-state index in [2.05, 4.69) is 9.46 Å². The molecule has 0 unspecified atom stereocenters. The van der Waals surface area contributed by atoms with Gasteiger partial charge in [0.25, 0.3) is 10.0 Å². The molecule has 8 heteroatoms. The molecular weight excluding hydrogens is 296 g/mol. The Labute approximate surface area is 124 Å². The van der Waals surface area contributed by atoms with Crippen LogP contribution in [0.4, 0.5) is 0 Å². The molecule has 0 aliphatic rings. The van der Waals surface area contributed by atoms with Crippen molar-refractivity contribution in [2.45, 2.75) is 44.2 Å². The van der Waals surface area contributed by atoms with Crippen molar-refractivity contribution in [3.8, 4) is 0 Å². The number of sulfonamides is 1. The molecular formula is C13H22N2O5S. The lowest BCUT2D eigenvalue weighted by atomic mass is 9.95. The van der Waals surface area contributed by atoms with Gasteiger partial charge in [0.1, 0.15) is 11.3 Å². The van der Waals surface area contributed by atoms with E-state index in [9.17, 15) is 13.2 Å². The molecule has 0 aliphatic carbocycles. The van der Waals surface area contributed by atoms with Crippen molar-refractivity contribution in [2.75, 3.05) is 13.7 Å². The molecule has 0 aliphatic heterocycles. The van der Waals surface area contributed by atoms with Crippen LogP contribution in [0.5, 0.6) is 0 Å². The number of esters is 1. The van der Waals surface area contributed by atoms with Crippen molar-refractivity contribution in [3.05, 3.63) is 17.4 Å². The van der Waals surface area contributed by atoms with Gasteiger partial charge < -0.3 is 14.9 Å². The number of furan rings is 1. The molecule has 21 heavy (non-hydrogen) atoms. The molecule has 120 valence electrons. The van der Waals surface area contributed by atoms with Gasteiger partial charge in [0, 0.05) is 18.2 Å². The summed E-state index contributed by atoms with van der Waals surface area (Å²) in [5.74, 6) is -0.456. The van der Waals surface area contributed by atoms with Crippen LogP contribution in [0.2, 0.25) is 0 Å². The fourth-order valence-corrected chi connectivity index (χ4v) is 3.51. The first-order chi connectivity index (χ1) is 9.75. The second-order valence-corrected chi connectivity index (χ2v) is 6.44. The van der Waals surface area contributed by atoms with Gasteiger partial charge in [-0.15, -0.1) is 0 Å². The molecule has 0 atom stereocenters. The van der Waals surface area contributed by atoms with E-state index < -0.39 is 21.5 Å². The van der Waals surface area contributed by atoms with Crippen LogP contribution in [0.1, 0.15) is 42.8 Å². The van der Waals surface area contributed by atoms with E-state index >= 15 is 0 Å². The predicted octanol–water partition coefficient (Wildman–Crippen LogP) is 1.17. The van der Waals surface area contributed by atoms with Gasteiger partial charge in [-0.25, -0.2) is 17.9 Å². The van der Waals surface area contributed by atoms with Gasteiger partial charge >= 0.3 is 5.97 Å². The summed E-state index contributed by atoms with van der Waals surface area (Å²) in [5, 5.41) is -0.319. The van der Waals surface area contributed by atoms with Crippen LogP contribution in [-0.2, 0) is 14.8 Å². The Morgan fingerprint density at radius 2 is 2.00 bits per heavy atom. The van der Waals surface area contributed by atoms with Gasteiger partial charge in [0.15, 0.2) is 0 Å². The standard InChI is InChI=1S/C13H22N2O5S/c1-5-13(6-2,8-14)15-21(17,18)11-7-10(9(3)20-11)12(16)19-4/h7,15H,5-6,8,14H2,1-4H3. The molecule has 0 saturated heterocycles. The fraction of sp³-hybridized carbons (Fsp3) is 0.615. The highest BCUT2D eigenvalue weighted by atomic mass is 32.2. The van der Waals surface area contributed by atoms with E-state index in [0.717, 1.165) is 6.07 Å². The summed E-state index contributed by atoms with van der Waals surface area (Å²) in [6, 6.07) is 1.16. The third kappa shape index (κ3) is 3.63. The van der Waals surface area contributed by atoms with Crippen LogP contribution < -0.4 is 10.5 Å². The molecule has 0 amide bonds. The molecule has 0 bridgehead atoms. The maximum atomic E-state index is 12.4. The number of aryl methyl sites for hydroxylation is 1. The summed E-state index contributed by atoms with van der Waals surface area (Å²) in [4.78, 5) is 11.5. The second kappa shape index (κ2) is 6.59. The van der Waals surface area contributed by atoms with Crippen molar-refractivity contribution in [3.63, 3.8) is 0 Å². The first kappa shape index (κ1) is 17.7. The van der Waals surface area contributed by atoms with Crippen molar-refractivity contribution < 1.29 is 22.4 Å². The first-order valence-corrected chi connectivity index (χ1v) is 8.16. The predicted molar refractivity (Wildman–Crippen MR) is 77.5 cm³/mol. The molecule has 7 nitrogen and oxygen atoms in total. The highest BCUT2D eigenvalue weighted by Crippen LogP contribution is 2.23. The summed E-state index contributed by atoms with van der Waals surface area (Å²) in [7, 11) is -2.69. The van der Waals surface area contributed by atoms with Crippen LogP contribution in [0.25, 0.3) is 0 Å². The summed E-state index contributed by atoms with van der Waals surface area (Å²) in [6.07, 6.45) is 1.09. The molecule has 0 aromatic carbocycles. The monoisotopic (exact) mass is 318 g/mol. The smallest absolute Gasteiger partial charge is 0.341 e. The van der Waals surface area contributed by atoms with Crippen LogP contribution in [0, 0.1) is 6.92 Å². The average Bonchev–Trinajstić information content (AvgIpc) is 2.87. The first-order valence-electron chi connectivity index (χ1n) is 6.68. The lowest BCUT2D eigenvalue weighted by Crippen LogP contribution is -2.52. The number of methoxy groups -OCH3 is 1. The summed E-state index contributed by atoms with van der Waals surface area (Å²) < 4.78 is 37.1. The quantitative estimate of drug-likeness (QED) is 0.730. The Hall–Kier alpha value is -1.38. The molecule has 1 rings (SSSR count). The molecule has 1 heterocycles. The molecule has 1 aromatic heterocycles. The molecule has 3 N–H and O–H groups in total. The third-order valence-corrected chi connectivity index (χ3v) is 5.09. The number of hydrogen-bond donors (Lipinski definition) is 2. The van der Waals surface area contributed by atoms with E-state index in [1.54, 1.807) is 0 Å². The minimum atomic E-state index is -3.90. The van der Waals surface area contributed by atoms with Gasteiger partial charge in [0.05, 0.1) is 7.11 Å². The van der Waals surface area contributed by atoms with Gasteiger partial charge in [0.2, 0.25) is 5.09 Å². The lowest BCUT2D eigenvalue weighted by Gasteiger charge is -2.30. The third-order valence-electron chi connectivity index (χ3n) is 3.66. The number of rotatable bonds is 7. The number of hydrogen-bond acceptors (Lipinski definition) is 6. The zero-order valence-corrected chi connectivity index (χ0v) is 13.5. The molecule has 0 saturated carbocycles. The summed E-state index contributed by atoms with van der Waals surface area (Å²) in [5.41, 5.74) is 5.04. The minimum absolute atomic E-state index is 0.0872. The highest BCUT2D eigenvalue weighted by Gasteiger charge is 2.33. The lowest BCUT2D eigenvalue weighted by molar-refractivity contribution is 0.0598. The van der Waals surface area contributed by atoms with Gasteiger partial charge in [-0.05, 0) is 19.8 Å². The Bertz CT molecular complexity index is 594. The summed E-state index contributed by atoms with van der Waals surface area (Å²) >= 11 is 0. The van der Waals surface area contributed by atoms with E-state index in [4.69, 9.17) is 10.2 Å². The highest BCUT2D eigenvalue weighted by molar-refractivity contribution is 7.89. The SMILES string of the molecule is CCC(CC)(CN)NS(=O)(=O)c1cc(C(=O)OC)c(C)o1. The van der Waals surface area contributed by atoms with E-state index in [-0.39, 0.29) is 23.0 Å². The number of nitrogens with two attached hydrogens (primary N) is 1. The molecule has 1 aromatic rings. The fourth-order valence-electron chi connectivity index (χ4n) is 1.96. The minimum Gasteiger partial charge on any atom is -0.465 e. The Balaban J connectivity index is 3.17. The normalized spacial score (nSPS) is 12.4.